The average molecular weight is 456 g/mol. The van der Waals surface area contributed by atoms with Crippen LogP contribution in [0.15, 0.2) is 53.8 Å². The van der Waals surface area contributed by atoms with Crippen molar-refractivity contribution in [3.05, 3.63) is 59.2 Å². The van der Waals surface area contributed by atoms with Gasteiger partial charge in [0.25, 0.3) is 0 Å². The van der Waals surface area contributed by atoms with Crippen LogP contribution < -0.4 is 20.5 Å². The van der Waals surface area contributed by atoms with Gasteiger partial charge >= 0.3 is 0 Å². The molecule has 1 aromatic heterocycles. The van der Waals surface area contributed by atoms with Crippen LogP contribution in [0.1, 0.15) is 12.5 Å². The van der Waals surface area contributed by atoms with E-state index in [2.05, 4.69) is 15.3 Å². The van der Waals surface area contributed by atoms with Crippen molar-refractivity contribution in [3.8, 4) is 23.3 Å². The number of benzene rings is 2. The van der Waals surface area contributed by atoms with Crippen molar-refractivity contribution in [2.75, 3.05) is 23.4 Å². The number of amides is 1. The second-order valence-corrected chi connectivity index (χ2v) is 7.43. The van der Waals surface area contributed by atoms with Crippen LogP contribution in [0.5, 0.6) is 17.2 Å². The number of nitrogen functional groups attached to an aromatic ring is 1. The first-order valence-corrected chi connectivity index (χ1v) is 10.5. The molecule has 8 nitrogen and oxygen atoms in total. The first kappa shape index (κ1) is 22.2. The quantitative estimate of drug-likeness (QED) is 0.375. The zero-order chi connectivity index (χ0) is 22.2. The lowest BCUT2D eigenvalue weighted by Gasteiger charge is -2.13. The summed E-state index contributed by atoms with van der Waals surface area (Å²) in [6, 6.07) is 14.0. The van der Waals surface area contributed by atoms with Gasteiger partial charge in [0.1, 0.15) is 28.9 Å². The minimum atomic E-state index is -0.310. The zero-order valence-corrected chi connectivity index (χ0v) is 18.0. The molecule has 3 rings (SSSR count). The SMILES string of the molecule is CCOc1ccc(Oc2ccc(Cl)cc2NC(=O)CSc2ncc(C#N)c(N)n2)cc1. The topological polar surface area (TPSA) is 123 Å². The number of rotatable bonds is 8. The van der Waals surface area contributed by atoms with Gasteiger partial charge in [-0.2, -0.15) is 5.26 Å². The van der Waals surface area contributed by atoms with Crippen LogP contribution in [0.2, 0.25) is 5.02 Å². The maximum Gasteiger partial charge on any atom is 0.234 e. The van der Waals surface area contributed by atoms with Crippen molar-refractivity contribution in [2.24, 2.45) is 0 Å². The molecule has 0 atom stereocenters. The van der Waals surface area contributed by atoms with Crippen LogP contribution in [0.4, 0.5) is 11.5 Å². The lowest BCUT2D eigenvalue weighted by atomic mass is 10.2. The van der Waals surface area contributed by atoms with E-state index in [-0.39, 0.29) is 23.0 Å². The van der Waals surface area contributed by atoms with E-state index in [4.69, 9.17) is 32.1 Å². The number of hydrogen-bond acceptors (Lipinski definition) is 8. The van der Waals surface area contributed by atoms with Crippen LogP contribution >= 0.6 is 23.4 Å². The predicted molar refractivity (Wildman–Crippen MR) is 120 cm³/mol. The molecule has 0 spiro atoms. The second kappa shape index (κ2) is 10.5. The Morgan fingerprint density at radius 1 is 1.26 bits per heavy atom. The molecule has 10 heteroatoms. The highest BCUT2D eigenvalue weighted by molar-refractivity contribution is 7.99. The van der Waals surface area contributed by atoms with Crippen LogP contribution in [0.25, 0.3) is 0 Å². The van der Waals surface area contributed by atoms with E-state index in [9.17, 15) is 4.79 Å². The Kier molecular flexibility index (Phi) is 7.54. The molecule has 1 amide bonds. The third-order valence-electron chi connectivity index (χ3n) is 3.83. The van der Waals surface area contributed by atoms with Gasteiger partial charge in [-0.05, 0) is 49.4 Å². The van der Waals surface area contributed by atoms with Crippen molar-refractivity contribution < 1.29 is 14.3 Å². The van der Waals surface area contributed by atoms with E-state index < -0.39 is 0 Å². The molecule has 31 heavy (non-hydrogen) atoms. The standard InChI is InChI=1S/C21H18ClN5O3S/c1-2-29-15-4-6-16(7-5-15)30-18-8-3-14(22)9-17(18)26-19(28)12-31-21-25-11-13(10-23)20(24)27-21/h3-9,11H,2,12H2,1H3,(H,26,28)(H2,24,25,27). The second-order valence-electron chi connectivity index (χ2n) is 6.05. The van der Waals surface area contributed by atoms with Gasteiger partial charge in [-0.3, -0.25) is 4.79 Å². The average Bonchev–Trinajstić information content (AvgIpc) is 2.76. The predicted octanol–water partition coefficient (Wildman–Crippen LogP) is 4.51. The molecular weight excluding hydrogens is 438 g/mol. The molecule has 0 saturated heterocycles. The Bertz CT molecular complexity index is 1120. The van der Waals surface area contributed by atoms with Crippen LogP contribution in [0, 0.1) is 11.3 Å². The minimum Gasteiger partial charge on any atom is -0.494 e. The Labute approximate surface area is 188 Å². The normalized spacial score (nSPS) is 10.2. The minimum absolute atomic E-state index is 0.0281. The van der Waals surface area contributed by atoms with Gasteiger partial charge < -0.3 is 20.5 Å². The van der Waals surface area contributed by atoms with Gasteiger partial charge in [0.05, 0.1) is 24.2 Å². The summed E-state index contributed by atoms with van der Waals surface area (Å²) in [5.41, 5.74) is 6.28. The van der Waals surface area contributed by atoms with Crippen molar-refractivity contribution in [1.82, 2.24) is 9.97 Å². The summed E-state index contributed by atoms with van der Waals surface area (Å²) in [4.78, 5) is 20.5. The molecule has 0 aliphatic carbocycles. The van der Waals surface area contributed by atoms with Gasteiger partial charge in [0, 0.05) is 5.02 Å². The van der Waals surface area contributed by atoms with E-state index >= 15 is 0 Å². The summed E-state index contributed by atoms with van der Waals surface area (Å²) in [7, 11) is 0. The molecule has 1 heterocycles. The number of carbonyl (C=O) groups excluding carboxylic acids is 1. The van der Waals surface area contributed by atoms with Crippen LogP contribution in [0.3, 0.4) is 0 Å². The Morgan fingerprint density at radius 2 is 2.00 bits per heavy atom. The summed E-state index contributed by atoms with van der Waals surface area (Å²) in [5.74, 6) is 1.54. The number of anilines is 2. The number of hydrogen-bond donors (Lipinski definition) is 2. The number of nitriles is 1. The lowest BCUT2D eigenvalue weighted by molar-refractivity contribution is -0.113. The third-order valence-corrected chi connectivity index (χ3v) is 4.92. The molecule has 0 bridgehead atoms. The van der Waals surface area contributed by atoms with Crippen molar-refractivity contribution in [2.45, 2.75) is 12.1 Å². The monoisotopic (exact) mass is 455 g/mol. The van der Waals surface area contributed by atoms with Crippen molar-refractivity contribution >= 4 is 40.8 Å². The van der Waals surface area contributed by atoms with E-state index in [1.807, 2.05) is 13.0 Å². The van der Waals surface area contributed by atoms with E-state index in [1.54, 1.807) is 42.5 Å². The fourth-order valence-corrected chi connectivity index (χ4v) is 3.23. The van der Waals surface area contributed by atoms with Gasteiger partial charge in [0.15, 0.2) is 10.9 Å². The first-order valence-electron chi connectivity index (χ1n) is 9.14. The number of nitrogens with zero attached hydrogens (tertiary/aromatic N) is 3. The van der Waals surface area contributed by atoms with Gasteiger partial charge in [-0.1, -0.05) is 23.4 Å². The van der Waals surface area contributed by atoms with Gasteiger partial charge in [0.2, 0.25) is 5.91 Å². The fourth-order valence-electron chi connectivity index (χ4n) is 2.44. The molecule has 0 aliphatic rings. The molecule has 2 aromatic carbocycles. The van der Waals surface area contributed by atoms with Gasteiger partial charge in [-0.25, -0.2) is 9.97 Å². The summed E-state index contributed by atoms with van der Waals surface area (Å²) in [6.45, 7) is 2.49. The van der Waals surface area contributed by atoms with Crippen molar-refractivity contribution in [3.63, 3.8) is 0 Å². The zero-order valence-electron chi connectivity index (χ0n) is 16.5. The summed E-state index contributed by atoms with van der Waals surface area (Å²) in [6.07, 6.45) is 1.32. The summed E-state index contributed by atoms with van der Waals surface area (Å²) in [5, 5.41) is 12.4. The highest BCUT2D eigenvalue weighted by Crippen LogP contribution is 2.33. The van der Waals surface area contributed by atoms with Crippen LogP contribution in [-0.2, 0) is 4.79 Å². The third kappa shape index (κ3) is 6.25. The van der Waals surface area contributed by atoms with Crippen LogP contribution in [-0.4, -0.2) is 28.2 Å². The van der Waals surface area contributed by atoms with E-state index in [0.717, 1.165) is 17.5 Å². The smallest absolute Gasteiger partial charge is 0.234 e. The Morgan fingerprint density at radius 3 is 2.68 bits per heavy atom. The molecule has 0 fully saturated rings. The Hall–Kier alpha value is -3.48. The largest absolute Gasteiger partial charge is 0.494 e. The molecule has 0 unspecified atom stereocenters. The lowest BCUT2D eigenvalue weighted by Crippen LogP contribution is -2.15. The number of nitrogens with one attached hydrogen (secondary N) is 1. The van der Waals surface area contributed by atoms with Crippen molar-refractivity contribution in [1.29, 1.82) is 5.26 Å². The molecule has 0 radical (unpaired) electrons. The fraction of sp³-hybridized carbons (Fsp3) is 0.143. The number of carbonyl (C=O) groups is 1. The maximum atomic E-state index is 12.4. The first-order chi connectivity index (χ1) is 15.0. The summed E-state index contributed by atoms with van der Waals surface area (Å²) < 4.78 is 11.3. The molecule has 0 saturated carbocycles. The molecule has 3 N–H and O–H groups in total. The number of halogens is 1. The molecule has 0 aliphatic heterocycles. The highest BCUT2D eigenvalue weighted by Gasteiger charge is 2.12. The molecule has 158 valence electrons. The Balaban J connectivity index is 1.66. The number of nitrogens with two attached hydrogens (primary N) is 1. The van der Waals surface area contributed by atoms with E-state index in [0.29, 0.717) is 34.0 Å². The molecular formula is C21H18ClN5O3S. The van der Waals surface area contributed by atoms with Gasteiger partial charge in [-0.15, -0.1) is 0 Å². The molecule has 3 aromatic rings. The number of ether oxygens (including phenoxy) is 2. The summed E-state index contributed by atoms with van der Waals surface area (Å²) >= 11 is 7.18. The van der Waals surface area contributed by atoms with E-state index in [1.165, 1.54) is 6.20 Å². The maximum absolute atomic E-state index is 12.4. The number of thioether (sulfide) groups is 1. The highest BCUT2D eigenvalue weighted by atomic mass is 35.5. The number of aromatic nitrogens is 2.